The Morgan fingerprint density at radius 3 is 3.20 bits per heavy atom. The summed E-state index contributed by atoms with van der Waals surface area (Å²) < 4.78 is 0. The number of likely N-dealkylation sites (tertiary alicyclic amines) is 1. The fraction of sp³-hybridized carbons (Fsp3) is 0.750. The molecule has 1 aromatic heterocycles. The number of aromatic amines is 1. The largest absolute Gasteiger partial charge is 0.480 e. The maximum absolute atomic E-state index is 10.9. The van der Waals surface area contributed by atoms with Crippen LogP contribution in [0.1, 0.15) is 18.7 Å². The Morgan fingerprint density at radius 2 is 2.53 bits per heavy atom. The zero-order chi connectivity index (χ0) is 10.7. The van der Waals surface area contributed by atoms with E-state index in [0.29, 0.717) is 18.8 Å². The van der Waals surface area contributed by atoms with Gasteiger partial charge in [0, 0.05) is 13.0 Å². The summed E-state index contributed by atoms with van der Waals surface area (Å²) in [6, 6.07) is -0.336. The topological polar surface area (TPSA) is 95.0 Å². The molecule has 7 nitrogen and oxygen atoms in total. The van der Waals surface area contributed by atoms with E-state index in [1.165, 1.54) is 0 Å². The molecule has 1 fully saturated rings. The number of nitrogens with zero attached hydrogens (tertiary/aromatic N) is 4. The predicted molar refractivity (Wildman–Crippen MR) is 50.1 cm³/mol. The number of tetrazole rings is 1. The van der Waals surface area contributed by atoms with Gasteiger partial charge in [-0.1, -0.05) is 5.21 Å². The molecule has 0 amide bonds. The van der Waals surface area contributed by atoms with Gasteiger partial charge in [0.15, 0.2) is 5.82 Å². The average molecular weight is 211 g/mol. The molecule has 2 N–H and O–H groups in total. The number of carboxylic acid groups (broad SMARTS) is 1. The molecule has 0 radical (unpaired) electrons. The average Bonchev–Trinajstić information content (AvgIpc) is 2.86. The molecule has 1 aliphatic heterocycles. The predicted octanol–water partition coefficient (Wildman–Crippen LogP) is -0.709. The Labute approximate surface area is 86.5 Å². The second-order valence-electron chi connectivity index (χ2n) is 3.61. The van der Waals surface area contributed by atoms with Gasteiger partial charge in [-0.25, -0.2) is 0 Å². The summed E-state index contributed by atoms with van der Waals surface area (Å²) in [5, 5.41) is 22.4. The number of hydrogen-bond donors (Lipinski definition) is 2. The van der Waals surface area contributed by atoms with Crippen LogP contribution in [-0.4, -0.2) is 55.7 Å². The minimum absolute atomic E-state index is 0.336. The Hall–Kier alpha value is -1.50. The molecule has 0 aliphatic carbocycles. The summed E-state index contributed by atoms with van der Waals surface area (Å²) >= 11 is 0. The molecule has 1 aliphatic rings. The number of carbonyl (C=O) groups is 1. The van der Waals surface area contributed by atoms with Crippen molar-refractivity contribution in [2.45, 2.75) is 25.3 Å². The first-order valence-corrected chi connectivity index (χ1v) is 4.96. The minimum atomic E-state index is -0.736. The molecular weight excluding hydrogens is 198 g/mol. The lowest BCUT2D eigenvalue weighted by Crippen LogP contribution is -2.37. The van der Waals surface area contributed by atoms with Gasteiger partial charge in [-0.2, -0.15) is 5.21 Å². The summed E-state index contributed by atoms with van der Waals surface area (Å²) in [6.45, 7) is 1.52. The first-order valence-electron chi connectivity index (χ1n) is 4.96. The van der Waals surface area contributed by atoms with E-state index in [1.807, 2.05) is 4.90 Å². The van der Waals surface area contributed by atoms with E-state index >= 15 is 0 Å². The second-order valence-corrected chi connectivity index (χ2v) is 3.61. The molecule has 0 aromatic carbocycles. The lowest BCUT2D eigenvalue weighted by atomic mass is 10.2. The molecule has 1 aromatic rings. The normalized spacial score (nSPS) is 22.0. The van der Waals surface area contributed by atoms with E-state index in [2.05, 4.69) is 20.6 Å². The van der Waals surface area contributed by atoms with Crippen molar-refractivity contribution in [1.29, 1.82) is 0 Å². The Bertz CT molecular complexity index is 326. The van der Waals surface area contributed by atoms with Gasteiger partial charge in [0.05, 0.1) is 0 Å². The maximum Gasteiger partial charge on any atom is 0.320 e. The summed E-state index contributed by atoms with van der Waals surface area (Å²) in [7, 11) is 0. The van der Waals surface area contributed by atoms with E-state index in [9.17, 15) is 4.79 Å². The minimum Gasteiger partial charge on any atom is -0.480 e. The molecule has 0 spiro atoms. The van der Waals surface area contributed by atoms with E-state index in [1.54, 1.807) is 0 Å². The van der Waals surface area contributed by atoms with E-state index in [-0.39, 0.29) is 6.04 Å². The SMILES string of the molecule is O=C(O)[C@@H]1CCCN1CCc1nn[nH]n1. The van der Waals surface area contributed by atoms with Crippen molar-refractivity contribution in [2.75, 3.05) is 13.1 Å². The first-order chi connectivity index (χ1) is 7.27. The van der Waals surface area contributed by atoms with Crippen LogP contribution in [0.15, 0.2) is 0 Å². The maximum atomic E-state index is 10.9. The van der Waals surface area contributed by atoms with Gasteiger partial charge in [0.2, 0.25) is 0 Å². The van der Waals surface area contributed by atoms with Crippen molar-refractivity contribution in [3.8, 4) is 0 Å². The van der Waals surface area contributed by atoms with E-state index in [4.69, 9.17) is 5.11 Å². The van der Waals surface area contributed by atoms with Crippen LogP contribution in [0.3, 0.4) is 0 Å². The highest BCUT2D eigenvalue weighted by Crippen LogP contribution is 2.17. The quantitative estimate of drug-likeness (QED) is 0.683. The number of nitrogens with one attached hydrogen (secondary N) is 1. The first kappa shape index (κ1) is 10.0. The molecule has 15 heavy (non-hydrogen) atoms. The lowest BCUT2D eigenvalue weighted by Gasteiger charge is -2.19. The Balaban J connectivity index is 1.86. The lowest BCUT2D eigenvalue weighted by molar-refractivity contribution is -0.142. The standard InChI is InChI=1S/C8H13N5O2/c14-8(15)6-2-1-4-13(6)5-3-7-9-11-12-10-7/h6H,1-5H2,(H,14,15)(H,9,10,11,12)/t6-/m0/s1. The molecule has 0 bridgehead atoms. The third kappa shape index (κ3) is 2.30. The van der Waals surface area contributed by atoms with Crippen LogP contribution < -0.4 is 0 Å². The Kier molecular flexibility index (Phi) is 2.91. The van der Waals surface area contributed by atoms with Crippen molar-refractivity contribution >= 4 is 5.97 Å². The molecule has 0 unspecified atom stereocenters. The number of aliphatic carboxylic acids is 1. The highest BCUT2D eigenvalue weighted by molar-refractivity contribution is 5.73. The van der Waals surface area contributed by atoms with E-state index in [0.717, 1.165) is 19.4 Å². The van der Waals surface area contributed by atoms with Crippen LogP contribution in [0.25, 0.3) is 0 Å². The number of carboxylic acids is 1. The molecule has 1 saturated heterocycles. The van der Waals surface area contributed by atoms with Crippen molar-refractivity contribution in [3.63, 3.8) is 0 Å². The van der Waals surface area contributed by atoms with Crippen molar-refractivity contribution in [2.24, 2.45) is 0 Å². The van der Waals surface area contributed by atoms with Crippen LogP contribution in [0.5, 0.6) is 0 Å². The van der Waals surface area contributed by atoms with Gasteiger partial charge in [0.1, 0.15) is 6.04 Å². The van der Waals surface area contributed by atoms with Gasteiger partial charge in [-0.3, -0.25) is 9.69 Å². The number of hydrogen-bond acceptors (Lipinski definition) is 5. The van der Waals surface area contributed by atoms with Gasteiger partial charge in [-0.15, -0.1) is 10.2 Å². The number of H-pyrrole nitrogens is 1. The van der Waals surface area contributed by atoms with Gasteiger partial charge in [0.25, 0.3) is 0 Å². The molecule has 7 heteroatoms. The number of aromatic nitrogens is 4. The summed E-state index contributed by atoms with van der Waals surface area (Å²) in [5.74, 6) is -0.105. The van der Waals surface area contributed by atoms with Crippen LogP contribution in [0.2, 0.25) is 0 Å². The molecule has 2 heterocycles. The van der Waals surface area contributed by atoms with Crippen molar-refractivity contribution in [1.82, 2.24) is 25.5 Å². The zero-order valence-electron chi connectivity index (χ0n) is 8.26. The van der Waals surface area contributed by atoms with Crippen molar-refractivity contribution in [3.05, 3.63) is 5.82 Å². The molecule has 1 atom stereocenters. The molecule has 2 rings (SSSR count). The third-order valence-corrected chi connectivity index (χ3v) is 2.66. The zero-order valence-corrected chi connectivity index (χ0v) is 8.26. The van der Waals surface area contributed by atoms with Gasteiger partial charge >= 0.3 is 5.97 Å². The van der Waals surface area contributed by atoms with Crippen LogP contribution in [0, 0.1) is 0 Å². The number of rotatable bonds is 4. The molecule has 0 saturated carbocycles. The van der Waals surface area contributed by atoms with E-state index < -0.39 is 5.97 Å². The highest BCUT2D eigenvalue weighted by Gasteiger charge is 2.29. The summed E-state index contributed by atoms with van der Waals surface area (Å²) in [6.07, 6.45) is 2.32. The molecular formula is C8H13N5O2. The third-order valence-electron chi connectivity index (χ3n) is 2.66. The van der Waals surface area contributed by atoms with Crippen LogP contribution in [0.4, 0.5) is 0 Å². The summed E-state index contributed by atoms with van der Waals surface area (Å²) in [4.78, 5) is 12.8. The van der Waals surface area contributed by atoms with Crippen molar-refractivity contribution < 1.29 is 9.90 Å². The summed E-state index contributed by atoms with van der Waals surface area (Å²) in [5.41, 5.74) is 0. The van der Waals surface area contributed by atoms with Gasteiger partial charge < -0.3 is 5.11 Å². The van der Waals surface area contributed by atoms with Gasteiger partial charge in [-0.05, 0) is 19.4 Å². The monoisotopic (exact) mass is 211 g/mol. The van der Waals surface area contributed by atoms with Crippen LogP contribution in [-0.2, 0) is 11.2 Å². The Morgan fingerprint density at radius 1 is 1.67 bits per heavy atom. The highest BCUT2D eigenvalue weighted by atomic mass is 16.4. The molecule has 82 valence electrons. The second kappa shape index (κ2) is 4.35. The fourth-order valence-electron chi connectivity index (χ4n) is 1.91. The smallest absolute Gasteiger partial charge is 0.320 e. The fourth-order valence-corrected chi connectivity index (χ4v) is 1.91. The van der Waals surface area contributed by atoms with Crippen LogP contribution >= 0.6 is 0 Å².